The second-order valence-corrected chi connectivity index (χ2v) is 4.92. The largest absolute Gasteiger partial charge is 0.376 e. The maximum atomic E-state index is 13.5. The normalized spacial score (nSPS) is 20.4. The lowest BCUT2D eigenvalue weighted by atomic mass is 10.1. The van der Waals surface area contributed by atoms with E-state index in [-0.39, 0.29) is 11.1 Å². The summed E-state index contributed by atoms with van der Waals surface area (Å²) in [5, 5.41) is 8.10. The molecule has 6 heteroatoms. The molecule has 0 spiro atoms. The van der Waals surface area contributed by atoms with Gasteiger partial charge in [0.25, 0.3) is 0 Å². The van der Waals surface area contributed by atoms with E-state index in [1.807, 2.05) is 0 Å². The van der Waals surface area contributed by atoms with Gasteiger partial charge in [-0.2, -0.15) is 0 Å². The van der Waals surface area contributed by atoms with E-state index in [1.54, 1.807) is 4.68 Å². The van der Waals surface area contributed by atoms with Gasteiger partial charge in [0.05, 0.1) is 23.2 Å². The van der Waals surface area contributed by atoms with Gasteiger partial charge in [-0.25, -0.2) is 9.07 Å². The Balaban J connectivity index is 1.89. The Bertz CT molecular complexity index is 566. The van der Waals surface area contributed by atoms with Crippen molar-refractivity contribution < 1.29 is 9.13 Å². The Hall–Kier alpha value is -1.20. The molecule has 1 aromatic carbocycles. The second kappa shape index (κ2) is 4.82. The third-order valence-electron chi connectivity index (χ3n) is 3.21. The highest BCUT2D eigenvalue weighted by molar-refractivity contribution is 6.31. The third kappa shape index (κ3) is 2.20. The highest BCUT2D eigenvalue weighted by Crippen LogP contribution is 2.22. The van der Waals surface area contributed by atoms with Crippen molar-refractivity contribution in [3.63, 3.8) is 0 Å². The van der Waals surface area contributed by atoms with Gasteiger partial charge >= 0.3 is 0 Å². The smallest absolute Gasteiger partial charge is 0.144 e. The Morgan fingerprint density at radius 3 is 3.11 bits per heavy atom. The lowest BCUT2D eigenvalue weighted by molar-refractivity contribution is 0.00442. The fourth-order valence-electron chi connectivity index (χ4n) is 2.24. The van der Waals surface area contributed by atoms with E-state index in [0.29, 0.717) is 17.6 Å². The molecule has 0 bridgehead atoms. The van der Waals surface area contributed by atoms with Crippen LogP contribution >= 0.6 is 11.6 Å². The van der Waals surface area contributed by atoms with Gasteiger partial charge < -0.3 is 4.74 Å². The van der Waals surface area contributed by atoms with Crippen LogP contribution in [0.3, 0.4) is 0 Å². The van der Waals surface area contributed by atoms with Crippen molar-refractivity contribution in [2.75, 3.05) is 6.61 Å². The molecule has 96 valence electrons. The number of hydrogen-bond donors (Lipinski definition) is 0. The molecule has 1 atom stereocenters. The van der Waals surface area contributed by atoms with Crippen molar-refractivity contribution >= 4 is 22.6 Å². The van der Waals surface area contributed by atoms with Gasteiger partial charge in [-0.05, 0) is 25.3 Å². The second-order valence-electron chi connectivity index (χ2n) is 4.52. The van der Waals surface area contributed by atoms with Crippen LogP contribution < -0.4 is 0 Å². The van der Waals surface area contributed by atoms with Gasteiger partial charge in [0, 0.05) is 12.7 Å². The minimum absolute atomic E-state index is 0.0727. The van der Waals surface area contributed by atoms with Crippen LogP contribution in [0.2, 0.25) is 5.02 Å². The van der Waals surface area contributed by atoms with E-state index in [9.17, 15) is 4.39 Å². The summed E-state index contributed by atoms with van der Waals surface area (Å²) in [6.45, 7) is 1.40. The van der Waals surface area contributed by atoms with Crippen molar-refractivity contribution in [3.8, 4) is 0 Å². The summed E-state index contributed by atoms with van der Waals surface area (Å²) in [6.07, 6.45) is 3.43. The molecule has 0 amide bonds. The molecule has 2 aromatic rings. The molecule has 18 heavy (non-hydrogen) atoms. The molecule has 1 aromatic heterocycles. The molecule has 0 aliphatic carbocycles. The van der Waals surface area contributed by atoms with E-state index >= 15 is 0 Å². The molecule has 1 fully saturated rings. The average molecular weight is 270 g/mol. The van der Waals surface area contributed by atoms with Gasteiger partial charge in [-0.3, -0.25) is 0 Å². The van der Waals surface area contributed by atoms with E-state index in [2.05, 4.69) is 10.3 Å². The summed E-state index contributed by atoms with van der Waals surface area (Å²) in [5.41, 5.74) is 1.27. The lowest BCUT2D eigenvalue weighted by Gasteiger charge is -2.22. The quantitative estimate of drug-likeness (QED) is 0.842. The van der Waals surface area contributed by atoms with E-state index in [0.717, 1.165) is 25.9 Å². The number of halogens is 2. The number of benzene rings is 1. The first kappa shape index (κ1) is 11.9. The van der Waals surface area contributed by atoms with E-state index in [1.165, 1.54) is 12.1 Å². The number of ether oxygens (including phenoxy) is 1. The highest BCUT2D eigenvalue weighted by atomic mass is 35.5. The Labute approximate surface area is 109 Å². The van der Waals surface area contributed by atoms with Crippen LogP contribution in [0, 0.1) is 5.82 Å². The predicted octanol–water partition coefficient (Wildman–Crippen LogP) is 2.79. The van der Waals surface area contributed by atoms with Gasteiger partial charge in [-0.15, -0.1) is 5.10 Å². The predicted molar refractivity (Wildman–Crippen MR) is 66.1 cm³/mol. The van der Waals surface area contributed by atoms with Crippen LogP contribution in [0.5, 0.6) is 0 Å². The van der Waals surface area contributed by atoms with Crippen molar-refractivity contribution in [3.05, 3.63) is 23.0 Å². The van der Waals surface area contributed by atoms with Gasteiger partial charge in [-0.1, -0.05) is 16.8 Å². The molecular formula is C12H13ClFN3O. The van der Waals surface area contributed by atoms with Crippen LogP contribution in [0.1, 0.15) is 19.3 Å². The van der Waals surface area contributed by atoms with Crippen molar-refractivity contribution in [2.24, 2.45) is 0 Å². The fraction of sp³-hybridized carbons (Fsp3) is 0.500. The summed E-state index contributed by atoms with van der Waals surface area (Å²) in [5.74, 6) is -0.447. The summed E-state index contributed by atoms with van der Waals surface area (Å²) in [7, 11) is 0. The molecule has 0 saturated carbocycles. The Morgan fingerprint density at radius 1 is 1.44 bits per heavy atom. The minimum Gasteiger partial charge on any atom is -0.376 e. The monoisotopic (exact) mass is 269 g/mol. The topological polar surface area (TPSA) is 39.9 Å². The van der Waals surface area contributed by atoms with Gasteiger partial charge in [0.2, 0.25) is 0 Å². The zero-order chi connectivity index (χ0) is 12.5. The molecule has 1 saturated heterocycles. The first-order valence-corrected chi connectivity index (χ1v) is 6.41. The van der Waals surface area contributed by atoms with Crippen molar-refractivity contribution in [1.82, 2.24) is 15.0 Å². The molecule has 0 N–H and O–H groups in total. The summed E-state index contributed by atoms with van der Waals surface area (Å²) in [4.78, 5) is 0. The highest BCUT2D eigenvalue weighted by Gasteiger charge is 2.17. The van der Waals surface area contributed by atoms with Crippen LogP contribution in [0.25, 0.3) is 11.0 Å². The Morgan fingerprint density at radius 2 is 2.33 bits per heavy atom. The fourth-order valence-corrected chi connectivity index (χ4v) is 2.40. The van der Waals surface area contributed by atoms with Crippen molar-refractivity contribution in [2.45, 2.75) is 31.9 Å². The van der Waals surface area contributed by atoms with Crippen LogP contribution in [0.15, 0.2) is 12.1 Å². The van der Waals surface area contributed by atoms with Crippen LogP contribution in [0.4, 0.5) is 4.39 Å². The first-order chi connectivity index (χ1) is 8.74. The zero-order valence-electron chi connectivity index (χ0n) is 9.77. The molecular weight excluding hydrogens is 257 g/mol. The molecule has 1 aliphatic heterocycles. The van der Waals surface area contributed by atoms with Gasteiger partial charge in [0.15, 0.2) is 0 Å². The first-order valence-electron chi connectivity index (χ1n) is 6.04. The standard InChI is InChI=1S/C12H13ClFN3O/c13-9-5-11-12(6-10(9)14)17(16-15-11)7-8-3-1-2-4-18-8/h5-6,8H,1-4,7H2. The number of fused-ring (bicyclic) bond motifs is 1. The molecule has 1 aliphatic rings. The number of hydrogen-bond acceptors (Lipinski definition) is 3. The summed E-state index contributed by atoms with van der Waals surface area (Å²) in [6, 6.07) is 2.87. The molecule has 2 heterocycles. The average Bonchev–Trinajstić information content (AvgIpc) is 2.74. The Kier molecular flexibility index (Phi) is 3.18. The van der Waals surface area contributed by atoms with Crippen LogP contribution in [-0.4, -0.2) is 27.7 Å². The van der Waals surface area contributed by atoms with E-state index in [4.69, 9.17) is 16.3 Å². The van der Waals surface area contributed by atoms with Crippen LogP contribution in [-0.2, 0) is 11.3 Å². The van der Waals surface area contributed by atoms with E-state index < -0.39 is 5.82 Å². The minimum atomic E-state index is -0.447. The number of rotatable bonds is 2. The third-order valence-corrected chi connectivity index (χ3v) is 3.50. The lowest BCUT2D eigenvalue weighted by Crippen LogP contribution is -2.25. The summed E-state index contributed by atoms with van der Waals surface area (Å²) < 4.78 is 20.8. The maximum Gasteiger partial charge on any atom is 0.144 e. The molecule has 3 rings (SSSR count). The summed E-state index contributed by atoms with van der Waals surface area (Å²) >= 11 is 5.71. The molecule has 4 nitrogen and oxygen atoms in total. The molecule has 0 radical (unpaired) electrons. The maximum absolute atomic E-state index is 13.5. The zero-order valence-corrected chi connectivity index (χ0v) is 10.5. The number of aromatic nitrogens is 3. The molecule has 1 unspecified atom stereocenters. The van der Waals surface area contributed by atoms with Gasteiger partial charge in [0.1, 0.15) is 11.3 Å². The van der Waals surface area contributed by atoms with Crippen molar-refractivity contribution in [1.29, 1.82) is 0 Å². The SMILES string of the molecule is Fc1cc2c(cc1Cl)nnn2CC1CCCCO1. The number of nitrogens with zero attached hydrogens (tertiary/aromatic N) is 3.